The average molecular weight is 442 g/mol. The number of hydrogen-bond donors (Lipinski definition) is 0. The fraction of sp³-hybridized carbons (Fsp3) is 0.500. The van der Waals surface area contributed by atoms with E-state index in [0.717, 1.165) is 36.5 Å². The van der Waals surface area contributed by atoms with Crippen molar-refractivity contribution in [2.45, 2.75) is 64.6 Å². The molecular weight excluding hydrogens is 415 g/mol. The van der Waals surface area contributed by atoms with Crippen LogP contribution in [0.5, 0.6) is 11.5 Å². The third-order valence-corrected chi connectivity index (χ3v) is 6.04. The van der Waals surface area contributed by atoms with E-state index in [2.05, 4.69) is 16.4 Å². The Morgan fingerprint density at radius 2 is 1.61 bits per heavy atom. The lowest BCUT2D eigenvalue weighted by atomic mass is 9.78. The molecule has 1 fully saturated rings. The minimum atomic E-state index is -3.70. The number of alkyl halides is 4. The van der Waals surface area contributed by atoms with E-state index in [9.17, 15) is 22.0 Å². The highest BCUT2D eigenvalue weighted by Gasteiger charge is 2.34. The summed E-state index contributed by atoms with van der Waals surface area (Å²) >= 11 is 0. The molecule has 1 saturated carbocycles. The summed E-state index contributed by atoms with van der Waals surface area (Å²) in [5.41, 5.74) is 0.615. The lowest BCUT2D eigenvalue weighted by Crippen LogP contribution is -2.22. The van der Waals surface area contributed by atoms with Crippen LogP contribution in [0.4, 0.5) is 22.0 Å². The molecule has 1 aliphatic rings. The van der Waals surface area contributed by atoms with Crippen molar-refractivity contribution in [2.75, 3.05) is 0 Å². The van der Waals surface area contributed by atoms with Gasteiger partial charge in [0.1, 0.15) is 5.75 Å². The van der Waals surface area contributed by atoms with Gasteiger partial charge in [-0.25, -0.2) is 4.39 Å². The van der Waals surface area contributed by atoms with E-state index >= 15 is 0 Å². The molecule has 0 aromatic heterocycles. The molecular formula is C24H27F5O2. The second-order valence-electron chi connectivity index (χ2n) is 8.12. The highest BCUT2D eigenvalue weighted by molar-refractivity contribution is 5.34. The van der Waals surface area contributed by atoms with Gasteiger partial charge >= 0.3 is 12.7 Å². The summed E-state index contributed by atoms with van der Waals surface area (Å²) < 4.78 is 75.6. The minimum Gasteiger partial charge on any atom is -0.432 e. The van der Waals surface area contributed by atoms with Gasteiger partial charge in [-0.15, -0.1) is 0 Å². The predicted molar refractivity (Wildman–Crippen MR) is 108 cm³/mol. The molecule has 0 N–H and O–H groups in total. The van der Waals surface area contributed by atoms with E-state index in [4.69, 9.17) is 0 Å². The first-order valence-electron chi connectivity index (χ1n) is 10.7. The third-order valence-electron chi connectivity index (χ3n) is 6.04. The standard InChI is InChI=1S/C24H27F5O2/c1-2-16-3-5-17(6-4-16)7-8-18-9-11-19(12-10-18)24(28,29)31-20-13-14-22(21(25)15-20)30-23(26)27/h9-17,23H,2-8H2,1H3/t16-,17-. The number of ether oxygens (including phenoxy) is 2. The number of benzene rings is 2. The second kappa shape index (κ2) is 10.3. The van der Waals surface area contributed by atoms with Crippen LogP contribution in [0.15, 0.2) is 42.5 Å². The normalized spacial score (nSPS) is 19.5. The van der Waals surface area contributed by atoms with E-state index in [-0.39, 0.29) is 5.56 Å². The molecule has 2 aromatic rings. The highest BCUT2D eigenvalue weighted by atomic mass is 19.3. The Morgan fingerprint density at radius 3 is 2.19 bits per heavy atom. The molecule has 2 nitrogen and oxygen atoms in total. The van der Waals surface area contributed by atoms with Crippen LogP contribution in [0.3, 0.4) is 0 Å². The van der Waals surface area contributed by atoms with Gasteiger partial charge in [-0.2, -0.15) is 17.6 Å². The van der Waals surface area contributed by atoms with Crippen molar-refractivity contribution in [3.05, 3.63) is 59.4 Å². The highest BCUT2D eigenvalue weighted by Crippen LogP contribution is 2.35. The van der Waals surface area contributed by atoms with E-state index in [1.807, 2.05) is 0 Å². The van der Waals surface area contributed by atoms with Gasteiger partial charge in [-0.05, 0) is 54.5 Å². The summed E-state index contributed by atoms with van der Waals surface area (Å²) in [6, 6.07) is 8.28. The Hall–Kier alpha value is -2.31. The Labute approximate surface area is 179 Å². The first-order valence-corrected chi connectivity index (χ1v) is 10.7. The van der Waals surface area contributed by atoms with Gasteiger partial charge in [0, 0.05) is 6.07 Å². The number of aryl methyl sites for hydroxylation is 1. The van der Waals surface area contributed by atoms with Gasteiger partial charge in [-0.3, -0.25) is 0 Å². The van der Waals surface area contributed by atoms with Crippen molar-refractivity contribution in [1.29, 1.82) is 0 Å². The van der Waals surface area contributed by atoms with E-state index in [0.29, 0.717) is 12.0 Å². The first kappa shape index (κ1) is 23.4. The summed E-state index contributed by atoms with van der Waals surface area (Å²) in [7, 11) is 0. The van der Waals surface area contributed by atoms with E-state index < -0.39 is 30.0 Å². The van der Waals surface area contributed by atoms with Crippen molar-refractivity contribution in [3.8, 4) is 11.5 Å². The fourth-order valence-corrected chi connectivity index (χ4v) is 4.11. The zero-order valence-corrected chi connectivity index (χ0v) is 17.4. The largest absolute Gasteiger partial charge is 0.432 e. The zero-order chi connectivity index (χ0) is 22.4. The molecule has 0 unspecified atom stereocenters. The molecule has 0 aliphatic heterocycles. The number of halogens is 5. The third kappa shape index (κ3) is 6.58. The van der Waals surface area contributed by atoms with Gasteiger partial charge in [0.25, 0.3) is 0 Å². The molecule has 0 spiro atoms. The quantitative estimate of drug-likeness (QED) is 0.370. The maximum absolute atomic E-state index is 14.5. The van der Waals surface area contributed by atoms with Crippen molar-refractivity contribution in [2.24, 2.45) is 11.8 Å². The lowest BCUT2D eigenvalue weighted by molar-refractivity contribution is -0.185. The topological polar surface area (TPSA) is 18.5 Å². The van der Waals surface area contributed by atoms with Crippen LogP contribution in [0.25, 0.3) is 0 Å². The summed E-state index contributed by atoms with van der Waals surface area (Å²) in [5.74, 6) is -0.899. The van der Waals surface area contributed by atoms with Crippen LogP contribution < -0.4 is 9.47 Å². The summed E-state index contributed by atoms with van der Waals surface area (Å²) in [6.45, 7) is -0.980. The van der Waals surface area contributed by atoms with Crippen LogP contribution >= 0.6 is 0 Å². The SMILES string of the molecule is CC[C@H]1CC[C@H](CCc2ccc(C(F)(F)Oc3ccc(OC(F)F)c(F)c3)cc2)CC1. The molecule has 1 aliphatic carbocycles. The summed E-state index contributed by atoms with van der Waals surface area (Å²) in [4.78, 5) is 0. The van der Waals surface area contributed by atoms with Gasteiger partial charge in [0.2, 0.25) is 0 Å². The van der Waals surface area contributed by atoms with Crippen LogP contribution in [-0.2, 0) is 12.5 Å². The van der Waals surface area contributed by atoms with E-state index in [1.165, 1.54) is 44.2 Å². The predicted octanol–water partition coefficient (Wildman–Crippen LogP) is 7.70. The molecule has 0 atom stereocenters. The average Bonchev–Trinajstić information content (AvgIpc) is 2.74. The Kier molecular flexibility index (Phi) is 7.79. The molecule has 0 radical (unpaired) electrons. The molecule has 170 valence electrons. The maximum atomic E-state index is 14.5. The molecule has 2 aromatic carbocycles. The smallest absolute Gasteiger partial charge is 0.426 e. The summed E-state index contributed by atoms with van der Waals surface area (Å²) in [5, 5.41) is 0. The summed E-state index contributed by atoms with van der Waals surface area (Å²) in [6.07, 6.45) is 4.46. The molecule has 31 heavy (non-hydrogen) atoms. The van der Waals surface area contributed by atoms with Gasteiger partial charge in [0.15, 0.2) is 11.6 Å². The molecule has 0 heterocycles. The Morgan fingerprint density at radius 1 is 0.968 bits per heavy atom. The Bertz CT molecular complexity index is 830. The van der Waals surface area contributed by atoms with Crippen LogP contribution in [-0.4, -0.2) is 6.61 Å². The van der Waals surface area contributed by atoms with Gasteiger partial charge in [-0.1, -0.05) is 51.2 Å². The number of rotatable bonds is 9. The number of hydrogen-bond acceptors (Lipinski definition) is 2. The Balaban J connectivity index is 1.56. The van der Waals surface area contributed by atoms with Crippen molar-refractivity contribution in [1.82, 2.24) is 0 Å². The van der Waals surface area contributed by atoms with Gasteiger partial charge in [0.05, 0.1) is 5.56 Å². The monoisotopic (exact) mass is 442 g/mol. The molecule has 0 saturated heterocycles. The molecule has 0 bridgehead atoms. The van der Waals surface area contributed by atoms with Gasteiger partial charge < -0.3 is 9.47 Å². The minimum absolute atomic E-state index is 0.368. The van der Waals surface area contributed by atoms with Crippen LogP contribution in [0.1, 0.15) is 56.6 Å². The zero-order valence-electron chi connectivity index (χ0n) is 17.4. The molecule has 0 amide bonds. The molecule has 3 rings (SSSR count). The van der Waals surface area contributed by atoms with Crippen molar-refractivity contribution < 1.29 is 31.4 Å². The lowest BCUT2D eigenvalue weighted by Gasteiger charge is -2.27. The van der Waals surface area contributed by atoms with Crippen molar-refractivity contribution in [3.63, 3.8) is 0 Å². The van der Waals surface area contributed by atoms with E-state index in [1.54, 1.807) is 12.1 Å². The van der Waals surface area contributed by atoms with Crippen molar-refractivity contribution >= 4 is 0 Å². The maximum Gasteiger partial charge on any atom is 0.426 e. The van der Waals surface area contributed by atoms with Crippen LogP contribution in [0.2, 0.25) is 0 Å². The fourth-order valence-electron chi connectivity index (χ4n) is 4.11. The first-order chi connectivity index (χ1) is 14.8. The van der Waals surface area contributed by atoms with Crippen LogP contribution in [0, 0.1) is 17.7 Å². The second-order valence-corrected chi connectivity index (χ2v) is 8.12. The molecule has 7 heteroatoms.